The van der Waals surface area contributed by atoms with E-state index < -0.39 is 23.2 Å². The van der Waals surface area contributed by atoms with Crippen LogP contribution in [0.25, 0.3) is 27.5 Å². The molecule has 5 heteroatoms. The van der Waals surface area contributed by atoms with E-state index in [-0.39, 0.29) is 12.3 Å². The number of fused-ring (bicyclic) bond motifs is 3. The van der Waals surface area contributed by atoms with Crippen molar-refractivity contribution in [3.05, 3.63) is 72.0 Å². The maximum absolute atomic E-state index is 14.7. The van der Waals surface area contributed by atoms with Gasteiger partial charge in [-0.15, -0.1) is 0 Å². The van der Waals surface area contributed by atoms with Crippen LogP contribution in [0, 0.1) is 17.5 Å². The minimum Gasteiger partial charge on any atom is -0.488 e. The Kier molecular flexibility index (Phi) is 3.64. The molecule has 1 heterocycles. The summed E-state index contributed by atoms with van der Waals surface area (Å²) in [6.45, 7) is 1.62. The van der Waals surface area contributed by atoms with Gasteiger partial charge in [0.15, 0.2) is 17.4 Å². The van der Waals surface area contributed by atoms with E-state index in [9.17, 15) is 13.2 Å². The van der Waals surface area contributed by atoms with Crippen molar-refractivity contribution in [3.63, 3.8) is 0 Å². The van der Waals surface area contributed by atoms with Crippen molar-refractivity contribution in [1.82, 2.24) is 4.57 Å². The molecule has 4 rings (SSSR count). The average molecular weight is 341 g/mol. The monoisotopic (exact) mass is 341 g/mol. The third-order valence-corrected chi connectivity index (χ3v) is 4.21. The second-order valence-electron chi connectivity index (χ2n) is 5.64. The summed E-state index contributed by atoms with van der Waals surface area (Å²) >= 11 is 0. The van der Waals surface area contributed by atoms with Crippen molar-refractivity contribution in [2.75, 3.05) is 6.61 Å². The molecule has 0 unspecified atom stereocenters. The highest BCUT2D eigenvalue weighted by atomic mass is 19.2. The number of benzene rings is 3. The standard InChI is InChI=1S/C20H14F3NO/c1-2-25-20-14(21)11-17(18(22)19(20)23)24-15-9-5-3-7-12(15)13-8-4-6-10-16(13)24/h3-11H,2H2,1H3. The lowest BCUT2D eigenvalue weighted by atomic mass is 10.2. The molecular weight excluding hydrogens is 327 g/mol. The molecule has 0 atom stereocenters. The molecule has 1 aromatic heterocycles. The number of para-hydroxylation sites is 2. The first kappa shape index (κ1) is 15.6. The molecule has 3 aromatic carbocycles. The summed E-state index contributed by atoms with van der Waals surface area (Å²) in [5, 5.41) is 1.76. The fraction of sp³-hybridized carbons (Fsp3) is 0.100. The average Bonchev–Trinajstić information content (AvgIpc) is 2.96. The zero-order chi connectivity index (χ0) is 17.6. The fourth-order valence-electron chi connectivity index (χ4n) is 3.19. The minimum atomic E-state index is -1.32. The summed E-state index contributed by atoms with van der Waals surface area (Å²) in [4.78, 5) is 0. The Hall–Kier alpha value is -2.95. The van der Waals surface area contributed by atoms with Crippen LogP contribution >= 0.6 is 0 Å². The Bertz CT molecular complexity index is 1050. The van der Waals surface area contributed by atoms with E-state index in [4.69, 9.17) is 4.74 Å². The third-order valence-electron chi connectivity index (χ3n) is 4.21. The van der Waals surface area contributed by atoms with E-state index in [0.29, 0.717) is 11.0 Å². The van der Waals surface area contributed by atoms with Gasteiger partial charge in [-0.1, -0.05) is 36.4 Å². The van der Waals surface area contributed by atoms with Crippen LogP contribution in [0.2, 0.25) is 0 Å². The molecule has 0 fully saturated rings. The Morgan fingerprint density at radius 2 is 1.40 bits per heavy atom. The Morgan fingerprint density at radius 3 is 1.96 bits per heavy atom. The summed E-state index contributed by atoms with van der Waals surface area (Å²) in [7, 11) is 0. The van der Waals surface area contributed by atoms with E-state index in [1.165, 1.54) is 4.57 Å². The van der Waals surface area contributed by atoms with Gasteiger partial charge in [-0.25, -0.2) is 8.78 Å². The van der Waals surface area contributed by atoms with Crippen LogP contribution in [0.4, 0.5) is 13.2 Å². The van der Waals surface area contributed by atoms with Gasteiger partial charge >= 0.3 is 0 Å². The van der Waals surface area contributed by atoms with Gasteiger partial charge in [0, 0.05) is 16.8 Å². The molecule has 0 saturated carbocycles. The fourth-order valence-corrected chi connectivity index (χ4v) is 3.19. The SMILES string of the molecule is CCOc1c(F)cc(-n2c3ccccc3c3ccccc32)c(F)c1F. The maximum Gasteiger partial charge on any atom is 0.205 e. The number of hydrogen-bond donors (Lipinski definition) is 0. The Labute approximate surface area is 142 Å². The van der Waals surface area contributed by atoms with Crippen LogP contribution in [-0.2, 0) is 0 Å². The molecule has 25 heavy (non-hydrogen) atoms. The molecule has 4 aromatic rings. The second-order valence-corrected chi connectivity index (χ2v) is 5.64. The normalized spacial score (nSPS) is 11.4. The molecular formula is C20H14F3NO. The highest BCUT2D eigenvalue weighted by Crippen LogP contribution is 2.35. The molecule has 0 saturated heterocycles. The number of hydrogen-bond acceptors (Lipinski definition) is 1. The first-order valence-electron chi connectivity index (χ1n) is 7.92. The lowest BCUT2D eigenvalue weighted by Gasteiger charge is -2.13. The quantitative estimate of drug-likeness (QED) is 0.442. The van der Waals surface area contributed by atoms with Gasteiger partial charge in [-0.2, -0.15) is 4.39 Å². The van der Waals surface area contributed by atoms with Gasteiger partial charge in [0.05, 0.1) is 23.3 Å². The van der Waals surface area contributed by atoms with E-state index in [1.54, 1.807) is 31.2 Å². The lowest BCUT2D eigenvalue weighted by Crippen LogP contribution is -2.06. The summed E-state index contributed by atoms with van der Waals surface area (Å²) in [5.41, 5.74) is 1.16. The van der Waals surface area contributed by atoms with Gasteiger partial charge in [-0.05, 0) is 19.1 Å². The van der Waals surface area contributed by atoms with Gasteiger partial charge in [0.2, 0.25) is 5.82 Å². The first-order chi connectivity index (χ1) is 12.1. The number of nitrogens with zero attached hydrogens (tertiary/aromatic N) is 1. The number of halogens is 3. The van der Waals surface area contributed by atoms with E-state index in [2.05, 4.69) is 0 Å². The highest BCUT2D eigenvalue weighted by molar-refractivity contribution is 6.09. The molecule has 0 amide bonds. The summed E-state index contributed by atoms with van der Waals surface area (Å²) in [6.07, 6.45) is 0. The second kappa shape index (κ2) is 5.84. The third kappa shape index (κ3) is 2.27. The molecule has 0 aliphatic rings. The predicted octanol–water partition coefficient (Wildman–Crippen LogP) is 5.60. The molecule has 0 N–H and O–H groups in total. The van der Waals surface area contributed by atoms with Crippen molar-refractivity contribution >= 4 is 21.8 Å². The topological polar surface area (TPSA) is 14.2 Å². The van der Waals surface area contributed by atoms with Crippen LogP contribution < -0.4 is 4.74 Å². The van der Waals surface area contributed by atoms with Crippen LogP contribution in [0.1, 0.15) is 6.92 Å². The summed E-state index contributed by atoms with van der Waals surface area (Å²) in [5.74, 6) is -4.09. The van der Waals surface area contributed by atoms with Crippen LogP contribution in [0.15, 0.2) is 54.6 Å². The summed E-state index contributed by atoms with van der Waals surface area (Å²) in [6, 6.07) is 15.7. The van der Waals surface area contributed by atoms with E-state index in [1.807, 2.05) is 24.3 Å². The van der Waals surface area contributed by atoms with Crippen LogP contribution in [-0.4, -0.2) is 11.2 Å². The van der Waals surface area contributed by atoms with Crippen molar-refractivity contribution < 1.29 is 17.9 Å². The number of rotatable bonds is 3. The Balaban J connectivity index is 2.11. The van der Waals surface area contributed by atoms with Crippen LogP contribution in [0.3, 0.4) is 0 Å². The van der Waals surface area contributed by atoms with Crippen LogP contribution in [0.5, 0.6) is 5.75 Å². The van der Waals surface area contributed by atoms with Crippen molar-refractivity contribution in [2.24, 2.45) is 0 Å². The first-order valence-corrected chi connectivity index (χ1v) is 7.92. The van der Waals surface area contributed by atoms with Gasteiger partial charge in [0.1, 0.15) is 0 Å². The van der Waals surface area contributed by atoms with Crippen molar-refractivity contribution in [2.45, 2.75) is 6.92 Å². The predicted molar refractivity (Wildman–Crippen MR) is 91.8 cm³/mol. The minimum absolute atomic E-state index is 0.0437. The van der Waals surface area contributed by atoms with E-state index in [0.717, 1.165) is 16.8 Å². The largest absolute Gasteiger partial charge is 0.488 e. The lowest BCUT2D eigenvalue weighted by molar-refractivity contribution is 0.295. The molecule has 0 bridgehead atoms. The maximum atomic E-state index is 14.7. The van der Waals surface area contributed by atoms with Gasteiger partial charge in [0.25, 0.3) is 0 Å². The zero-order valence-electron chi connectivity index (χ0n) is 13.4. The van der Waals surface area contributed by atoms with Crippen molar-refractivity contribution in [1.29, 1.82) is 0 Å². The molecule has 0 aliphatic carbocycles. The molecule has 0 aliphatic heterocycles. The molecule has 2 nitrogen and oxygen atoms in total. The molecule has 0 radical (unpaired) electrons. The number of aromatic nitrogens is 1. The Morgan fingerprint density at radius 1 is 0.840 bits per heavy atom. The number of ether oxygens (including phenoxy) is 1. The molecule has 0 spiro atoms. The summed E-state index contributed by atoms with van der Waals surface area (Å²) < 4.78 is 49.8. The van der Waals surface area contributed by atoms with E-state index >= 15 is 0 Å². The smallest absolute Gasteiger partial charge is 0.205 e. The van der Waals surface area contributed by atoms with Gasteiger partial charge < -0.3 is 9.30 Å². The van der Waals surface area contributed by atoms with Gasteiger partial charge in [-0.3, -0.25) is 0 Å². The van der Waals surface area contributed by atoms with Crippen molar-refractivity contribution in [3.8, 4) is 11.4 Å². The molecule has 126 valence electrons. The highest BCUT2D eigenvalue weighted by Gasteiger charge is 2.23. The zero-order valence-corrected chi connectivity index (χ0v) is 13.4.